The van der Waals surface area contributed by atoms with Crippen molar-refractivity contribution in [2.75, 3.05) is 6.67 Å². The highest BCUT2D eigenvalue weighted by Gasteiger charge is 2.59. The van der Waals surface area contributed by atoms with Gasteiger partial charge < -0.3 is 19.1 Å². The van der Waals surface area contributed by atoms with Gasteiger partial charge in [-0.2, -0.15) is 5.09 Å². The van der Waals surface area contributed by atoms with Crippen LogP contribution in [0.15, 0.2) is 52.2 Å². The lowest BCUT2D eigenvalue weighted by Gasteiger charge is -2.30. The molecule has 12 nitrogen and oxygen atoms in total. The van der Waals surface area contributed by atoms with E-state index in [-0.39, 0.29) is 5.75 Å². The van der Waals surface area contributed by atoms with E-state index >= 15 is 0 Å². The van der Waals surface area contributed by atoms with Gasteiger partial charge in [0.15, 0.2) is 6.23 Å². The Kier molecular flexibility index (Phi) is 9.56. The number of H-pyrrole nitrogens is 1. The number of benzene rings is 1. The molecule has 1 aromatic carbocycles. The standard InChI is InChI=1S/C23H30ClFN3O9P/c1-13(2)34-20(31)14(3)27-38(33,37-16-8-6-5-7-9-16)36-15(4)18-19(30)23(24,12-25)21(35-18)28-11-10-17(29)26-22(28)32/h5-11,13-15,18-19,21,30H,12H2,1-4H3,(H,27,33)(H,26,29,32)/t14-,15-,18+,19?,21+,23+,38+/m0/s1. The van der Waals surface area contributed by atoms with Gasteiger partial charge in [-0.05, 0) is 39.8 Å². The summed E-state index contributed by atoms with van der Waals surface area (Å²) in [4.78, 5) is 36.0. The monoisotopic (exact) mass is 577 g/mol. The quantitative estimate of drug-likeness (QED) is 0.205. The van der Waals surface area contributed by atoms with Crippen molar-refractivity contribution in [1.29, 1.82) is 0 Å². The Bertz CT molecular complexity index is 1280. The van der Waals surface area contributed by atoms with E-state index in [0.717, 1.165) is 16.8 Å². The van der Waals surface area contributed by atoms with E-state index in [9.17, 15) is 28.4 Å². The Morgan fingerprint density at radius 3 is 2.50 bits per heavy atom. The van der Waals surface area contributed by atoms with Crippen molar-refractivity contribution >= 4 is 25.3 Å². The zero-order valence-corrected chi connectivity index (χ0v) is 22.7. The maximum Gasteiger partial charge on any atom is 0.459 e. The fourth-order valence-corrected chi connectivity index (χ4v) is 5.75. The normalized spacial score (nSPS) is 26.5. The molecule has 7 atom stereocenters. The second-order valence-corrected chi connectivity index (χ2v) is 11.4. The number of hydrogen-bond acceptors (Lipinski definition) is 9. The zero-order chi connectivity index (χ0) is 28.3. The summed E-state index contributed by atoms with van der Waals surface area (Å²) in [5.41, 5.74) is -1.65. The molecule has 0 radical (unpaired) electrons. The molecule has 2 heterocycles. The van der Waals surface area contributed by atoms with Crippen LogP contribution in [0.3, 0.4) is 0 Å². The summed E-state index contributed by atoms with van der Waals surface area (Å²) in [7, 11) is -4.38. The minimum Gasteiger partial charge on any atom is -0.462 e. The van der Waals surface area contributed by atoms with Crippen LogP contribution in [0, 0.1) is 0 Å². The molecular weight excluding hydrogens is 548 g/mol. The number of aliphatic hydroxyl groups excluding tert-OH is 1. The zero-order valence-electron chi connectivity index (χ0n) is 21.1. The second-order valence-electron chi connectivity index (χ2n) is 9.02. The van der Waals surface area contributed by atoms with Gasteiger partial charge in [-0.1, -0.05) is 18.2 Å². The Labute approximate surface area is 222 Å². The number of aliphatic hydroxyl groups is 1. The highest BCUT2D eigenvalue weighted by atomic mass is 35.5. The van der Waals surface area contributed by atoms with Crippen LogP contribution in [0.5, 0.6) is 5.75 Å². The predicted octanol–water partition coefficient (Wildman–Crippen LogP) is 2.26. The molecule has 1 aliphatic heterocycles. The number of hydrogen-bond donors (Lipinski definition) is 3. The van der Waals surface area contributed by atoms with E-state index in [0.29, 0.717) is 0 Å². The van der Waals surface area contributed by atoms with Crippen molar-refractivity contribution in [3.05, 3.63) is 63.4 Å². The summed E-state index contributed by atoms with van der Waals surface area (Å²) >= 11 is 6.40. The second kappa shape index (κ2) is 12.1. The molecule has 1 saturated heterocycles. The van der Waals surface area contributed by atoms with Gasteiger partial charge in [-0.3, -0.25) is 23.7 Å². The largest absolute Gasteiger partial charge is 0.462 e. The molecule has 1 aromatic heterocycles. The SMILES string of the molecule is CC(C)OC(=O)[C@H](C)N[P@](=O)(Oc1ccccc1)O[C@@H](C)[C@H]1O[C@@H](n2ccc(=O)[nH]c2=O)[C@@](Cl)(CF)C1O. The molecule has 0 saturated carbocycles. The minimum atomic E-state index is -4.38. The molecule has 0 bridgehead atoms. The van der Waals surface area contributed by atoms with Gasteiger partial charge in [0, 0.05) is 12.3 Å². The number of carbonyl (C=O) groups is 1. The lowest BCUT2D eigenvalue weighted by Crippen LogP contribution is -2.48. The number of rotatable bonds is 11. The summed E-state index contributed by atoms with van der Waals surface area (Å²) in [6.07, 6.45) is -5.41. The fourth-order valence-electron chi connectivity index (χ4n) is 3.78. The number of para-hydroxylation sites is 1. The van der Waals surface area contributed by atoms with Gasteiger partial charge >= 0.3 is 19.4 Å². The molecule has 0 spiro atoms. The number of aromatic amines is 1. The first-order valence-electron chi connectivity index (χ1n) is 11.7. The average molecular weight is 578 g/mol. The van der Waals surface area contributed by atoms with E-state index in [1.807, 2.05) is 4.98 Å². The van der Waals surface area contributed by atoms with E-state index in [2.05, 4.69) is 5.09 Å². The van der Waals surface area contributed by atoms with Crippen LogP contribution in [0.4, 0.5) is 4.39 Å². The highest BCUT2D eigenvalue weighted by molar-refractivity contribution is 7.52. The smallest absolute Gasteiger partial charge is 0.459 e. The number of esters is 1. The number of carbonyl (C=O) groups excluding carboxylic acids is 1. The maximum atomic E-state index is 14.2. The first-order chi connectivity index (χ1) is 17.8. The summed E-state index contributed by atoms with van der Waals surface area (Å²) in [5, 5.41) is 13.4. The number of halogens is 2. The van der Waals surface area contributed by atoms with Crippen molar-refractivity contribution in [2.45, 2.75) is 69.3 Å². The molecule has 1 unspecified atom stereocenters. The van der Waals surface area contributed by atoms with E-state index in [1.165, 1.54) is 26.0 Å². The topological polar surface area (TPSA) is 158 Å². The molecule has 38 heavy (non-hydrogen) atoms. The molecule has 15 heteroatoms. The minimum absolute atomic E-state index is 0.140. The predicted molar refractivity (Wildman–Crippen MR) is 135 cm³/mol. The number of ether oxygens (including phenoxy) is 2. The van der Waals surface area contributed by atoms with Crippen molar-refractivity contribution in [1.82, 2.24) is 14.6 Å². The van der Waals surface area contributed by atoms with Crippen LogP contribution in [0.2, 0.25) is 0 Å². The summed E-state index contributed by atoms with van der Waals surface area (Å²) in [6.45, 7) is 4.72. The Balaban J connectivity index is 1.89. The number of nitrogens with zero attached hydrogens (tertiary/aromatic N) is 1. The van der Waals surface area contributed by atoms with E-state index in [4.69, 9.17) is 30.1 Å². The van der Waals surface area contributed by atoms with Gasteiger partial charge in [-0.25, -0.2) is 13.8 Å². The summed E-state index contributed by atoms with van der Waals surface area (Å²) < 4.78 is 51.0. The summed E-state index contributed by atoms with van der Waals surface area (Å²) in [5.74, 6) is -0.582. The molecule has 0 aliphatic carbocycles. The average Bonchev–Trinajstić information content (AvgIpc) is 3.10. The van der Waals surface area contributed by atoms with Crippen LogP contribution in [0.25, 0.3) is 0 Å². The van der Waals surface area contributed by atoms with Crippen LogP contribution < -0.4 is 20.9 Å². The molecule has 1 aliphatic rings. The highest BCUT2D eigenvalue weighted by Crippen LogP contribution is 2.50. The molecule has 1 fully saturated rings. The van der Waals surface area contributed by atoms with E-state index in [1.54, 1.807) is 32.0 Å². The maximum absolute atomic E-state index is 14.2. The summed E-state index contributed by atoms with van der Waals surface area (Å²) in [6, 6.07) is 7.83. The Morgan fingerprint density at radius 1 is 1.26 bits per heavy atom. The van der Waals surface area contributed by atoms with Crippen molar-refractivity contribution < 1.29 is 37.4 Å². The van der Waals surface area contributed by atoms with Crippen molar-refractivity contribution in [3.8, 4) is 5.75 Å². The molecule has 2 aromatic rings. The Morgan fingerprint density at radius 2 is 1.92 bits per heavy atom. The van der Waals surface area contributed by atoms with Crippen molar-refractivity contribution in [3.63, 3.8) is 0 Å². The van der Waals surface area contributed by atoms with E-state index < -0.39 is 73.2 Å². The fraction of sp³-hybridized carbons (Fsp3) is 0.522. The molecule has 210 valence electrons. The number of alkyl halides is 2. The van der Waals surface area contributed by atoms with Gasteiger partial charge in [0.2, 0.25) is 0 Å². The van der Waals surface area contributed by atoms with Crippen LogP contribution >= 0.6 is 19.3 Å². The van der Waals surface area contributed by atoms with Gasteiger partial charge in [0.1, 0.15) is 35.5 Å². The van der Waals surface area contributed by atoms with Crippen LogP contribution in [-0.4, -0.2) is 62.6 Å². The van der Waals surface area contributed by atoms with Crippen LogP contribution in [0.1, 0.15) is 33.9 Å². The molecule has 3 rings (SSSR count). The number of aromatic nitrogens is 2. The molecule has 3 N–H and O–H groups in total. The Hall–Kier alpha value is -2.54. The lowest BCUT2D eigenvalue weighted by molar-refractivity contribution is -0.149. The molecule has 0 amide bonds. The van der Waals surface area contributed by atoms with Crippen LogP contribution in [-0.2, 0) is 23.4 Å². The van der Waals surface area contributed by atoms with Gasteiger partial charge in [-0.15, -0.1) is 11.6 Å². The third-order valence-electron chi connectivity index (χ3n) is 5.60. The van der Waals surface area contributed by atoms with Gasteiger partial charge in [0.05, 0.1) is 12.2 Å². The number of nitrogens with one attached hydrogen (secondary N) is 2. The molecular formula is C23H30ClFN3O9P. The van der Waals surface area contributed by atoms with Gasteiger partial charge in [0.25, 0.3) is 5.56 Å². The lowest BCUT2D eigenvalue weighted by atomic mass is 9.97. The third-order valence-corrected chi connectivity index (χ3v) is 7.88. The first-order valence-corrected chi connectivity index (χ1v) is 13.6. The third kappa shape index (κ3) is 6.71. The first kappa shape index (κ1) is 30.0. The van der Waals surface area contributed by atoms with Crippen molar-refractivity contribution in [2.24, 2.45) is 0 Å².